The highest BCUT2D eigenvalue weighted by molar-refractivity contribution is 5.90. The average molecular weight is 466 g/mol. The number of benzene rings is 2. The molecule has 0 radical (unpaired) electrons. The topological polar surface area (TPSA) is 124 Å². The van der Waals surface area contributed by atoms with Crippen LogP contribution in [0.15, 0.2) is 60.8 Å². The summed E-state index contributed by atoms with van der Waals surface area (Å²) in [6.45, 7) is 5.45. The number of carbonyl (C=O) groups is 3. The van der Waals surface area contributed by atoms with Gasteiger partial charge in [-0.1, -0.05) is 35.5 Å². The van der Waals surface area contributed by atoms with Crippen molar-refractivity contribution in [1.29, 1.82) is 0 Å². The van der Waals surface area contributed by atoms with Crippen molar-refractivity contribution in [2.45, 2.75) is 32.3 Å². The fourth-order valence-electron chi connectivity index (χ4n) is 3.10. The normalized spacial score (nSPS) is 12.0. The molecule has 2 aromatic carbocycles. The monoisotopic (exact) mass is 466 g/mol. The lowest BCUT2D eigenvalue weighted by atomic mass is 9.95. The van der Waals surface area contributed by atoms with Gasteiger partial charge >= 0.3 is 18.2 Å². The van der Waals surface area contributed by atoms with Gasteiger partial charge in [-0.05, 0) is 50.6 Å². The van der Waals surface area contributed by atoms with Crippen LogP contribution in [0.5, 0.6) is 5.75 Å². The Morgan fingerprint density at radius 2 is 1.71 bits per heavy atom. The van der Waals surface area contributed by atoms with Gasteiger partial charge in [0.15, 0.2) is 0 Å². The number of carbonyl (C=O) groups excluding carboxylic acids is 2. The predicted molar refractivity (Wildman–Crippen MR) is 122 cm³/mol. The summed E-state index contributed by atoms with van der Waals surface area (Å²) in [5, 5.41) is 16.8. The van der Waals surface area contributed by atoms with Crippen LogP contribution < -0.4 is 4.74 Å². The van der Waals surface area contributed by atoms with Crippen molar-refractivity contribution < 1.29 is 29.0 Å². The maximum atomic E-state index is 12.5. The zero-order chi connectivity index (χ0) is 24.9. The lowest BCUT2D eigenvalue weighted by Gasteiger charge is -2.27. The van der Waals surface area contributed by atoms with E-state index in [2.05, 4.69) is 10.3 Å². The minimum absolute atomic E-state index is 0.149. The lowest BCUT2D eigenvalue weighted by molar-refractivity contribution is 0.0293. The number of hydrogen-bond acceptors (Lipinski definition) is 7. The Morgan fingerprint density at radius 3 is 2.26 bits per heavy atom. The number of rotatable bonds is 6. The molecule has 10 nitrogen and oxygen atoms in total. The molecule has 34 heavy (non-hydrogen) atoms. The van der Waals surface area contributed by atoms with Crippen LogP contribution in [0.4, 0.5) is 9.59 Å². The highest BCUT2D eigenvalue weighted by Crippen LogP contribution is 2.27. The van der Waals surface area contributed by atoms with Crippen LogP contribution in [-0.2, 0) is 4.74 Å². The van der Waals surface area contributed by atoms with Gasteiger partial charge in [-0.3, -0.25) is 0 Å². The van der Waals surface area contributed by atoms with Gasteiger partial charge in [0.05, 0.1) is 17.5 Å². The highest BCUT2D eigenvalue weighted by Gasteiger charge is 2.26. The fourth-order valence-corrected chi connectivity index (χ4v) is 3.10. The SMILES string of the molecule is CN(CC(c1ccc(OC(=O)c2ccccc2)cc1)c1cn(C(=O)O)nn1)C(=O)OC(C)(C)C. The molecule has 1 aromatic heterocycles. The standard InChI is InChI=1S/C24H26N4O6/c1-24(2,3)34-23(32)27(4)14-19(20-15-28(22(30)31)26-25-20)16-10-12-18(13-11-16)33-21(29)17-8-6-5-7-9-17/h5-13,15,19H,14H2,1-4H3,(H,30,31). The number of nitrogens with zero attached hydrogens (tertiary/aromatic N) is 4. The summed E-state index contributed by atoms with van der Waals surface area (Å²) in [4.78, 5) is 37.4. The van der Waals surface area contributed by atoms with Crippen molar-refractivity contribution in [3.63, 3.8) is 0 Å². The molecule has 0 saturated carbocycles. The second-order valence-corrected chi connectivity index (χ2v) is 8.61. The van der Waals surface area contributed by atoms with Gasteiger partial charge in [0.1, 0.15) is 11.4 Å². The summed E-state index contributed by atoms with van der Waals surface area (Å²) >= 11 is 0. The summed E-state index contributed by atoms with van der Waals surface area (Å²) < 4.78 is 11.5. The Labute approximate surface area is 196 Å². The van der Waals surface area contributed by atoms with Gasteiger partial charge in [-0.25, -0.2) is 14.4 Å². The first kappa shape index (κ1) is 24.4. The first-order chi connectivity index (χ1) is 16.0. The molecule has 1 unspecified atom stereocenters. The van der Waals surface area contributed by atoms with E-state index < -0.39 is 29.7 Å². The quantitative estimate of drug-likeness (QED) is 0.427. The maximum absolute atomic E-state index is 12.5. The summed E-state index contributed by atoms with van der Waals surface area (Å²) in [5.41, 5.74) is 0.824. The molecule has 0 spiro atoms. The van der Waals surface area contributed by atoms with Crippen LogP contribution in [0, 0.1) is 0 Å². The molecule has 10 heteroatoms. The number of hydrogen-bond donors (Lipinski definition) is 1. The minimum Gasteiger partial charge on any atom is -0.463 e. The number of likely N-dealkylation sites (N-methyl/N-ethyl adjacent to an activating group) is 1. The molecule has 0 bridgehead atoms. The summed E-state index contributed by atoms with van der Waals surface area (Å²) in [5.74, 6) is -0.658. The lowest BCUT2D eigenvalue weighted by Crippen LogP contribution is -2.36. The van der Waals surface area contributed by atoms with Crippen LogP contribution in [0.2, 0.25) is 0 Å². The Morgan fingerprint density at radius 1 is 1.06 bits per heavy atom. The van der Waals surface area contributed by atoms with E-state index >= 15 is 0 Å². The van der Waals surface area contributed by atoms with Crippen molar-refractivity contribution in [3.8, 4) is 5.75 Å². The zero-order valence-corrected chi connectivity index (χ0v) is 19.3. The number of aromatic nitrogens is 3. The Balaban J connectivity index is 1.83. The summed E-state index contributed by atoms with van der Waals surface area (Å²) in [7, 11) is 1.58. The number of carboxylic acid groups (broad SMARTS) is 1. The van der Waals surface area contributed by atoms with E-state index in [0.717, 1.165) is 0 Å². The zero-order valence-electron chi connectivity index (χ0n) is 19.3. The van der Waals surface area contributed by atoms with Gasteiger partial charge in [-0.15, -0.1) is 5.10 Å². The van der Waals surface area contributed by atoms with E-state index in [0.29, 0.717) is 27.3 Å². The van der Waals surface area contributed by atoms with Crippen LogP contribution in [0.3, 0.4) is 0 Å². The van der Waals surface area contributed by atoms with Crippen molar-refractivity contribution in [1.82, 2.24) is 19.9 Å². The first-order valence-electron chi connectivity index (χ1n) is 10.5. The number of amides is 1. The summed E-state index contributed by atoms with van der Waals surface area (Å²) in [6, 6.07) is 15.3. The fraction of sp³-hybridized carbons (Fsp3) is 0.292. The van der Waals surface area contributed by atoms with Crippen LogP contribution in [-0.4, -0.2) is 62.3 Å². The Kier molecular flexibility index (Phi) is 7.30. The minimum atomic E-state index is -1.28. The molecule has 0 fully saturated rings. The van der Waals surface area contributed by atoms with E-state index in [1.807, 2.05) is 0 Å². The third-order valence-corrected chi connectivity index (χ3v) is 4.73. The van der Waals surface area contributed by atoms with Crippen molar-refractivity contribution in [3.05, 3.63) is 77.6 Å². The third kappa shape index (κ3) is 6.41. The highest BCUT2D eigenvalue weighted by atomic mass is 16.6. The van der Waals surface area contributed by atoms with Gasteiger partial charge in [0.25, 0.3) is 0 Å². The maximum Gasteiger partial charge on any atom is 0.433 e. The van der Waals surface area contributed by atoms with Gasteiger partial charge in [0.2, 0.25) is 0 Å². The molecule has 3 aromatic rings. The second-order valence-electron chi connectivity index (χ2n) is 8.61. The Hall–Kier alpha value is -4.21. The van der Waals surface area contributed by atoms with Gasteiger partial charge in [0, 0.05) is 19.5 Å². The number of ether oxygens (including phenoxy) is 2. The first-order valence-corrected chi connectivity index (χ1v) is 10.5. The van der Waals surface area contributed by atoms with Crippen LogP contribution in [0.1, 0.15) is 48.3 Å². The molecule has 0 saturated heterocycles. The van der Waals surface area contributed by atoms with Crippen molar-refractivity contribution >= 4 is 18.2 Å². The van der Waals surface area contributed by atoms with Crippen LogP contribution >= 0.6 is 0 Å². The van der Waals surface area contributed by atoms with E-state index in [9.17, 15) is 19.5 Å². The van der Waals surface area contributed by atoms with Gasteiger partial charge < -0.3 is 19.5 Å². The molecule has 178 valence electrons. The summed E-state index contributed by atoms with van der Waals surface area (Å²) in [6.07, 6.45) is -0.517. The Bertz CT molecular complexity index is 1150. The van der Waals surface area contributed by atoms with E-state index in [1.54, 1.807) is 82.4 Å². The van der Waals surface area contributed by atoms with Gasteiger partial charge in [-0.2, -0.15) is 4.68 Å². The van der Waals surface area contributed by atoms with E-state index in [1.165, 1.54) is 11.1 Å². The van der Waals surface area contributed by atoms with Crippen molar-refractivity contribution in [2.24, 2.45) is 0 Å². The third-order valence-electron chi connectivity index (χ3n) is 4.73. The van der Waals surface area contributed by atoms with Crippen molar-refractivity contribution in [2.75, 3.05) is 13.6 Å². The molecule has 1 N–H and O–H groups in total. The largest absolute Gasteiger partial charge is 0.463 e. The molecule has 0 aliphatic carbocycles. The molecule has 1 atom stereocenters. The smallest absolute Gasteiger partial charge is 0.433 e. The molecular formula is C24H26N4O6. The molecule has 0 aliphatic rings. The second kappa shape index (κ2) is 10.2. The van der Waals surface area contributed by atoms with E-state index in [-0.39, 0.29) is 6.54 Å². The van der Waals surface area contributed by atoms with E-state index in [4.69, 9.17) is 9.47 Å². The molecule has 1 amide bonds. The van der Waals surface area contributed by atoms with Crippen LogP contribution in [0.25, 0.3) is 0 Å². The molecule has 0 aliphatic heterocycles. The number of esters is 1. The molecule has 3 rings (SSSR count). The average Bonchev–Trinajstić information content (AvgIpc) is 3.28. The molecular weight excluding hydrogens is 440 g/mol. The predicted octanol–water partition coefficient (Wildman–Crippen LogP) is 4.02. The molecule has 1 heterocycles.